The lowest BCUT2D eigenvalue weighted by Crippen LogP contribution is -2.33. The van der Waals surface area contributed by atoms with Crippen LogP contribution in [0.5, 0.6) is 0 Å². The summed E-state index contributed by atoms with van der Waals surface area (Å²) in [6.45, 7) is 2.06. The first-order valence-electron chi connectivity index (χ1n) is 4.80. The standard InChI is InChI=1S/C9H14N2O2/c1-2-4-7-10-8(13-11-7)9(12)5-3-6-9/h12H,2-6H2,1H3. The predicted octanol–water partition coefficient (Wildman–Crippen LogP) is 1.39. The Balaban J connectivity index is 2.12. The summed E-state index contributed by atoms with van der Waals surface area (Å²) in [6.07, 6.45) is 4.36. The Kier molecular flexibility index (Phi) is 2.07. The molecule has 1 N–H and O–H groups in total. The van der Waals surface area contributed by atoms with Crippen molar-refractivity contribution in [2.45, 2.75) is 44.6 Å². The van der Waals surface area contributed by atoms with E-state index in [0.29, 0.717) is 11.7 Å². The van der Waals surface area contributed by atoms with Crippen LogP contribution in [0.1, 0.15) is 44.3 Å². The molecule has 0 unspecified atom stereocenters. The third kappa shape index (κ3) is 1.46. The Morgan fingerprint density at radius 3 is 2.85 bits per heavy atom. The SMILES string of the molecule is CCCc1noc(C2(O)CCC2)n1. The Morgan fingerprint density at radius 2 is 2.31 bits per heavy atom. The summed E-state index contributed by atoms with van der Waals surface area (Å²) in [6, 6.07) is 0. The van der Waals surface area contributed by atoms with E-state index in [0.717, 1.165) is 32.1 Å². The van der Waals surface area contributed by atoms with Gasteiger partial charge in [-0.05, 0) is 25.7 Å². The molecule has 1 saturated carbocycles. The van der Waals surface area contributed by atoms with Crippen molar-refractivity contribution in [3.8, 4) is 0 Å². The molecule has 0 radical (unpaired) electrons. The van der Waals surface area contributed by atoms with Gasteiger partial charge in [0.1, 0.15) is 5.60 Å². The van der Waals surface area contributed by atoms with Gasteiger partial charge in [0.05, 0.1) is 0 Å². The van der Waals surface area contributed by atoms with Gasteiger partial charge in [-0.3, -0.25) is 0 Å². The van der Waals surface area contributed by atoms with Gasteiger partial charge >= 0.3 is 0 Å². The lowest BCUT2D eigenvalue weighted by atomic mass is 9.80. The number of aromatic nitrogens is 2. The molecule has 0 aliphatic heterocycles. The van der Waals surface area contributed by atoms with Crippen LogP contribution >= 0.6 is 0 Å². The zero-order chi connectivity index (χ0) is 9.31. The zero-order valence-electron chi connectivity index (χ0n) is 7.79. The van der Waals surface area contributed by atoms with Crippen molar-refractivity contribution in [1.29, 1.82) is 0 Å². The van der Waals surface area contributed by atoms with Gasteiger partial charge in [-0.15, -0.1) is 0 Å². The number of aryl methyl sites for hydroxylation is 1. The molecule has 0 atom stereocenters. The fourth-order valence-electron chi connectivity index (χ4n) is 1.49. The Hall–Kier alpha value is -0.900. The van der Waals surface area contributed by atoms with E-state index in [-0.39, 0.29) is 0 Å². The number of rotatable bonds is 3. The lowest BCUT2D eigenvalue weighted by molar-refractivity contribution is -0.0646. The maximum atomic E-state index is 9.87. The van der Waals surface area contributed by atoms with Gasteiger partial charge in [0, 0.05) is 6.42 Å². The minimum atomic E-state index is -0.807. The van der Waals surface area contributed by atoms with Crippen molar-refractivity contribution in [3.63, 3.8) is 0 Å². The predicted molar refractivity (Wildman–Crippen MR) is 46.0 cm³/mol. The van der Waals surface area contributed by atoms with E-state index < -0.39 is 5.60 Å². The molecule has 4 heteroatoms. The third-order valence-electron chi connectivity index (χ3n) is 2.52. The van der Waals surface area contributed by atoms with E-state index in [1.165, 1.54) is 0 Å². The van der Waals surface area contributed by atoms with E-state index in [2.05, 4.69) is 17.1 Å². The third-order valence-corrected chi connectivity index (χ3v) is 2.52. The monoisotopic (exact) mass is 182 g/mol. The average Bonchev–Trinajstić information content (AvgIpc) is 2.50. The number of aliphatic hydroxyl groups is 1. The fourth-order valence-corrected chi connectivity index (χ4v) is 1.49. The van der Waals surface area contributed by atoms with Gasteiger partial charge < -0.3 is 9.63 Å². The first kappa shape index (κ1) is 8.69. The molecule has 0 aromatic carbocycles. The van der Waals surface area contributed by atoms with Gasteiger partial charge in [-0.2, -0.15) is 4.98 Å². The van der Waals surface area contributed by atoms with Gasteiger partial charge in [-0.1, -0.05) is 12.1 Å². The Bertz CT molecular complexity index is 292. The second kappa shape index (κ2) is 3.10. The molecule has 1 aliphatic rings. The first-order chi connectivity index (χ1) is 6.24. The lowest BCUT2D eigenvalue weighted by Gasteiger charge is -2.32. The van der Waals surface area contributed by atoms with Crippen LogP contribution in [-0.4, -0.2) is 15.2 Å². The van der Waals surface area contributed by atoms with Crippen LogP contribution in [0.2, 0.25) is 0 Å². The maximum absolute atomic E-state index is 9.87. The fraction of sp³-hybridized carbons (Fsp3) is 0.778. The molecule has 1 aromatic heterocycles. The molecule has 4 nitrogen and oxygen atoms in total. The van der Waals surface area contributed by atoms with Crippen molar-refractivity contribution in [2.75, 3.05) is 0 Å². The summed E-state index contributed by atoms with van der Waals surface area (Å²) in [5, 5.41) is 13.7. The topological polar surface area (TPSA) is 59.2 Å². The summed E-state index contributed by atoms with van der Waals surface area (Å²) in [5.41, 5.74) is -0.807. The quantitative estimate of drug-likeness (QED) is 0.767. The largest absolute Gasteiger partial charge is 0.380 e. The molecule has 1 heterocycles. The average molecular weight is 182 g/mol. The molecule has 72 valence electrons. The molecule has 2 rings (SSSR count). The van der Waals surface area contributed by atoms with E-state index in [9.17, 15) is 5.11 Å². The highest BCUT2D eigenvalue weighted by Crippen LogP contribution is 2.39. The van der Waals surface area contributed by atoms with Crippen LogP contribution < -0.4 is 0 Å². The van der Waals surface area contributed by atoms with Crippen LogP contribution in [0.15, 0.2) is 4.52 Å². The Morgan fingerprint density at radius 1 is 1.54 bits per heavy atom. The van der Waals surface area contributed by atoms with Gasteiger partial charge in [0.2, 0.25) is 0 Å². The minimum Gasteiger partial charge on any atom is -0.380 e. The van der Waals surface area contributed by atoms with Crippen molar-refractivity contribution >= 4 is 0 Å². The van der Waals surface area contributed by atoms with E-state index >= 15 is 0 Å². The zero-order valence-corrected chi connectivity index (χ0v) is 7.79. The van der Waals surface area contributed by atoms with Crippen LogP contribution in [-0.2, 0) is 12.0 Å². The molecule has 0 amide bonds. The normalized spacial score (nSPS) is 19.8. The number of hydrogen-bond donors (Lipinski definition) is 1. The molecule has 13 heavy (non-hydrogen) atoms. The van der Waals surface area contributed by atoms with Gasteiger partial charge in [0.15, 0.2) is 5.82 Å². The van der Waals surface area contributed by atoms with E-state index in [4.69, 9.17) is 4.52 Å². The van der Waals surface area contributed by atoms with Crippen LogP contribution in [0.4, 0.5) is 0 Å². The van der Waals surface area contributed by atoms with E-state index in [1.54, 1.807) is 0 Å². The van der Waals surface area contributed by atoms with Crippen LogP contribution in [0.3, 0.4) is 0 Å². The summed E-state index contributed by atoms with van der Waals surface area (Å²) >= 11 is 0. The second-order valence-electron chi connectivity index (χ2n) is 3.65. The maximum Gasteiger partial charge on any atom is 0.258 e. The van der Waals surface area contributed by atoms with Crippen molar-refractivity contribution < 1.29 is 9.63 Å². The first-order valence-corrected chi connectivity index (χ1v) is 4.80. The van der Waals surface area contributed by atoms with Gasteiger partial charge in [0.25, 0.3) is 5.89 Å². The van der Waals surface area contributed by atoms with Crippen molar-refractivity contribution in [1.82, 2.24) is 10.1 Å². The smallest absolute Gasteiger partial charge is 0.258 e. The molecule has 0 saturated heterocycles. The van der Waals surface area contributed by atoms with Gasteiger partial charge in [-0.25, -0.2) is 0 Å². The van der Waals surface area contributed by atoms with Crippen molar-refractivity contribution in [2.24, 2.45) is 0 Å². The molecule has 1 aromatic rings. The minimum absolute atomic E-state index is 0.405. The summed E-state index contributed by atoms with van der Waals surface area (Å²) < 4.78 is 5.01. The highest BCUT2D eigenvalue weighted by molar-refractivity contribution is 5.03. The van der Waals surface area contributed by atoms with E-state index in [1.807, 2.05) is 0 Å². The molecular formula is C9H14N2O2. The van der Waals surface area contributed by atoms with Crippen molar-refractivity contribution in [3.05, 3.63) is 11.7 Å². The highest BCUT2D eigenvalue weighted by atomic mass is 16.5. The number of hydrogen-bond acceptors (Lipinski definition) is 4. The molecular weight excluding hydrogens is 168 g/mol. The summed E-state index contributed by atoms with van der Waals surface area (Å²) in [5.74, 6) is 1.11. The van der Waals surface area contributed by atoms with Crippen LogP contribution in [0.25, 0.3) is 0 Å². The molecule has 1 aliphatic carbocycles. The summed E-state index contributed by atoms with van der Waals surface area (Å²) in [7, 11) is 0. The molecule has 0 spiro atoms. The highest BCUT2D eigenvalue weighted by Gasteiger charge is 2.41. The number of nitrogens with zero attached hydrogens (tertiary/aromatic N) is 2. The molecule has 0 bridgehead atoms. The second-order valence-corrected chi connectivity index (χ2v) is 3.65. The van der Waals surface area contributed by atoms with Crippen LogP contribution in [0, 0.1) is 0 Å². The Labute approximate surface area is 77.0 Å². The molecule has 1 fully saturated rings. The summed E-state index contributed by atoms with van der Waals surface area (Å²) in [4.78, 5) is 4.17.